The van der Waals surface area contributed by atoms with E-state index in [2.05, 4.69) is 5.32 Å². The minimum Gasteiger partial charge on any atom is -0.348 e. The first kappa shape index (κ1) is 14.0. The molecule has 0 aliphatic carbocycles. The second kappa shape index (κ2) is 6.66. The molecule has 2 nitrogen and oxygen atoms in total. The number of halogens is 1. The molecule has 0 aliphatic rings. The van der Waals surface area contributed by atoms with Crippen molar-refractivity contribution in [2.45, 2.75) is 13.5 Å². The van der Waals surface area contributed by atoms with Crippen molar-refractivity contribution in [1.29, 1.82) is 0 Å². The molecular weight excluding hydrogens is 253 g/mol. The lowest BCUT2D eigenvalue weighted by Gasteiger charge is -2.02. The zero-order valence-corrected chi connectivity index (χ0v) is 11.3. The van der Waals surface area contributed by atoms with Gasteiger partial charge in [0, 0.05) is 12.6 Å². The average Bonchev–Trinajstić information content (AvgIpc) is 2.45. The highest BCUT2D eigenvalue weighted by atomic mass is 19.1. The Morgan fingerprint density at radius 3 is 2.65 bits per heavy atom. The largest absolute Gasteiger partial charge is 0.348 e. The number of nitrogens with one attached hydrogen (secondary N) is 1. The predicted octanol–water partition coefficient (Wildman–Crippen LogP) is 3.46. The van der Waals surface area contributed by atoms with Crippen LogP contribution in [-0.4, -0.2) is 5.91 Å². The van der Waals surface area contributed by atoms with Crippen molar-refractivity contribution >= 4 is 12.0 Å². The smallest absolute Gasteiger partial charge is 0.244 e. The third-order valence-electron chi connectivity index (χ3n) is 2.85. The summed E-state index contributed by atoms with van der Waals surface area (Å²) in [7, 11) is 0. The van der Waals surface area contributed by atoms with Gasteiger partial charge in [0.15, 0.2) is 0 Å². The molecule has 2 aromatic rings. The number of carbonyl (C=O) groups is 1. The van der Waals surface area contributed by atoms with Gasteiger partial charge in [0.05, 0.1) is 0 Å². The molecule has 0 heterocycles. The van der Waals surface area contributed by atoms with Gasteiger partial charge in [-0.2, -0.15) is 0 Å². The van der Waals surface area contributed by atoms with Crippen molar-refractivity contribution in [1.82, 2.24) is 5.32 Å². The summed E-state index contributed by atoms with van der Waals surface area (Å²) < 4.78 is 12.7. The molecule has 0 fully saturated rings. The summed E-state index contributed by atoms with van der Waals surface area (Å²) in [6, 6.07) is 14.0. The molecule has 0 aromatic heterocycles. The van der Waals surface area contributed by atoms with Gasteiger partial charge in [0.2, 0.25) is 5.91 Å². The number of carbonyl (C=O) groups excluding carboxylic acids is 1. The Kier molecular flexibility index (Phi) is 4.66. The summed E-state index contributed by atoms with van der Waals surface area (Å²) in [5.41, 5.74) is 3.00. The summed E-state index contributed by atoms with van der Waals surface area (Å²) in [4.78, 5) is 11.7. The van der Waals surface area contributed by atoms with Crippen molar-refractivity contribution < 1.29 is 9.18 Å². The first-order valence-electron chi connectivity index (χ1n) is 6.40. The maximum atomic E-state index is 12.7. The fraction of sp³-hybridized carbons (Fsp3) is 0.118. The number of benzene rings is 2. The molecule has 1 amide bonds. The van der Waals surface area contributed by atoms with E-state index in [-0.39, 0.29) is 11.7 Å². The maximum Gasteiger partial charge on any atom is 0.244 e. The van der Waals surface area contributed by atoms with E-state index in [0.717, 1.165) is 16.7 Å². The predicted molar refractivity (Wildman–Crippen MR) is 78.5 cm³/mol. The number of hydrogen-bond donors (Lipinski definition) is 1. The van der Waals surface area contributed by atoms with Crippen LogP contribution in [0.15, 0.2) is 54.6 Å². The average molecular weight is 269 g/mol. The minimum atomic E-state index is -0.278. The van der Waals surface area contributed by atoms with Gasteiger partial charge in [-0.3, -0.25) is 4.79 Å². The lowest BCUT2D eigenvalue weighted by molar-refractivity contribution is -0.116. The number of hydrogen-bond acceptors (Lipinski definition) is 1. The second-order valence-electron chi connectivity index (χ2n) is 4.59. The Labute approximate surface area is 118 Å². The Hall–Kier alpha value is -2.42. The molecule has 20 heavy (non-hydrogen) atoms. The van der Waals surface area contributed by atoms with Crippen LogP contribution in [0.2, 0.25) is 0 Å². The molecule has 0 aliphatic heterocycles. The van der Waals surface area contributed by atoms with Crippen LogP contribution in [0.3, 0.4) is 0 Å². The second-order valence-corrected chi connectivity index (χ2v) is 4.59. The minimum absolute atomic E-state index is 0.171. The molecule has 0 saturated carbocycles. The van der Waals surface area contributed by atoms with E-state index < -0.39 is 0 Å². The maximum absolute atomic E-state index is 12.7. The summed E-state index contributed by atoms with van der Waals surface area (Å²) >= 11 is 0. The van der Waals surface area contributed by atoms with E-state index in [9.17, 15) is 9.18 Å². The van der Waals surface area contributed by atoms with Crippen LogP contribution >= 0.6 is 0 Å². The highest BCUT2D eigenvalue weighted by molar-refractivity contribution is 5.91. The van der Waals surface area contributed by atoms with Crippen LogP contribution in [0, 0.1) is 12.7 Å². The van der Waals surface area contributed by atoms with E-state index in [1.54, 1.807) is 18.2 Å². The monoisotopic (exact) mass is 269 g/mol. The van der Waals surface area contributed by atoms with Crippen LogP contribution in [0.1, 0.15) is 16.7 Å². The molecule has 0 atom stereocenters. The molecule has 0 unspecified atom stereocenters. The van der Waals surface area contributed by atoms with Gasteiger partial charge in [-0.05, 0) is 36.3 Å². The molecule has 102 valence electrons. The van der Waals surface area contributed by atoms with Crippen molar-refractivity contribution in [2.24, 2.45) is 0 Å². The van der Waals surface area contributed by atoms with Gasteiger partial charge < -0.3 is 5.32 Å². The molecule has 2 rings (SSSR count). The van der Waals surface area contributed by atoms with E-state index in [1.807, 2.05) is 31.2 Å². The van der Waals surface area contributed by atoms with Crippen molar-refractivity contribution in [3.63, 3.8) is 0 Å². The standard InChI is InChI=1S/C17H16FNO/c1-13-3-2-4-14(11-13)7-10-17(20)19-12-15-5-8-16(18)9-6-15/h2-11H,12H2,1H3,(H,19,20)/b10-7-. The fourth-order valence-corrected chi connectivity index (χ4v) is 1.80. The van der Waals surface area contributed by atoms with Crippen molar-refractivity contribution in [2.75, 3.05) is 0 Å². The lowest BCUT2D eigenvalue weighted by Crippen LogP contribution is -2.20. The Bertz CT molecular complexity index is 617. The molecule has 0 spiro atoms. The van der Waals surface area contributed by atoms with Gasteiger partial charge in [0.25, 0.3) is 0 Å². The number of amides is 1. The van der Waals surface area contributed by atoms with E-state index in [4.69, 9.17) is 0 Å². The topological polar surface area (TPSA) is 29.1 Å². The highest BCUT2D eigenvalue weighted by Gasteiger charge is 1.97. The van der Waals surface area contributed by atoms with Crippen LogP contribution < -0.4 is 5.32 Å². The highest BCUT2D eigenvalue weighted by Crippen LogP contribution is 2.06. The van der Waals surface area contributed by atoms with E-state index in [0.29, 0.717) is 6.54 Å². The molecular formula is C17H16FNO. The Morgan fingerprint density at radius 2 is 1.95 bits per heavy atom. The third kappa shape index (κ3) is 4.35. The van der Waals surface area contributed by atoms with Gasteiger partial charge in [-0.25, -0.2) is 4.39 Å². The summed E-state index contributed by atoms with van der Waals surface area (Å²) in [5, 5.41) is 2.76. The SMILES string of the molecule is Cc1cccc(/C=C\C(=O)NCc2ccc(F)cc2)c1. The van der Waals surface area contributed by atoms with Crippen molar-refractivity contribution in [3.8, 4) is 0 Å². The molecule has 3 heteroatoms. The molecule has 0 radical (unpaired) electrons. The molecule has 0 bridgehead atoms. The Balaban J connectivity index is 1.88. The summed E-state index contributed by atoms with van der Waals surface area (Å²) in [5.74, 6) is -0.449. The normalized spacial score (nSPS) is 10.7. The van der Waals surface area contributed by atoms with E-state index >= 15 is 0 Å². The van der Waals surface area contributed by atoms with E-state index in [1.165, 1.54) is 18.2 Å². The summed E-state index contributed by atoms with van der Waals surface area (Å²) in [6.45, 7) is 2.39. The van der Waals surface area contributed by atoms with Crippen LogP contribution in [0.4, 0.5) is 4.39 Å². The first-order valence-corrected chi connectivity index (χ1v) is 6.40. The van der Waals surface area contributed by atoms with Gasteiger partial charge in [-0.15, -0.1) is 0 Å². The van der Waals surface area contributed by atoms with Gasteiger partial charge >= 0.3 is 0 Å². The summed E-state index contributed by atoms with van der Waals surface area (Å²) in [6.07, 6.45) is 3.27. The third-order valence-corrected chi connectivity index (χ3v) is 2.85. The molecule has 0 saturated heterocycles. The number of aryl methyl sites for hydroxylation is 1. The Morgan fingerprint density at radius 1 is 1.20 bits per heavy atom. The van der Waals surface area contributed by atoms with Gasteiger partial charge in [-0.1, -0.05) is 42.0 Å². The van der Waals surface area contributed by atoms with Crippen LogP contribution in [0.25, 0.3) is 6.08 Å². The first-order chi connectivity index (χ1) is 9.63. The van der Waals surface area contributed by atoms with Crippen molar-refractivity contribution in [3.05, 3.63) is 77.1 Å². The van der Waals surface area contributed by atoms with Gasteiger partial charge in [0.1, 0.15) is 5.82 Å². The number of rotatable bonds is 4. The van der Waals surface area contributed by atoms with Crippen LogP contribution in [-0.2, 0) is 11.3 Å². The van der Waals surface area contributed by atoms with Crippen LogP contribution in [0.5, 0.6) is 0 Å². The molecule has 1 N–H and O–H groups in total. The fourth-order valence-electron chi connectivity index (χ4n) is 1.80. The molecule has 2 aromatic carbocycles. The lowest BCUT2D eigenvalue weighted by atomic mass is 10.1. The zero-order chi connectivity index (χ0) is 14.4. The zero-order valence-electron chi connectivity index (χ0n) is 11.3. The quantitative estimate of drug-likeness (QED) is 0.846.